The van der Waals surface area contributed by atoms with Gasteiger partial charge in [-0.2, -0.15) is 5.26 Å². The zero-order valence-corrected chi connectivity index (χ0v) is 20.3. The van der Waals surface area contributed by atoms with Crippen LogP contribution in [0.25, 0.3) is 0 Å². The first-order valence-electron chi connectivity index (χ1n) is 10.4. The molecule has 2 N–H and O–H groups in total. The monoisotopic (exact) mass is 478 g/mol. The molecule has 2 aromatic rings. The van der Waals surface area contributed by atoms with Crippen LogP contribution in [-0.2, 0) is 15.0 Å². The first kappa shape index (κ1) is 21.7. The Morgan fingerprint density at radius 2 is 1.94 bits per heavy atom. The maximum absolute atomic E-state index is 14.0. The van der Waals surface area contributed by atoms with Gasteiger partial charge in [-0.25, -0.2) is 0 Å². The minimum Gasteiger partial charge on any atom is -0.384 e. The van der Waals surface area contributed by atoms with E-state index in [1.165, 1.54) is 28.0 Å². The summed E-state index contributed by atoms with van der Waals surface area (Å²) in [6.07, 6.45) is 2.67. The Labute approximate surface area is 199 Å². The average molecular weight is 479 g/mol. The highest BCUT2D eigenvalue weighted by molar-refractivity contribution is 8.00. The molecule has 2 aliphatic heterocycles. The zero-order chi connectivity index (χ0) is 23.7. The quantitative estimate of drug-likeness (QED) is 0.654. The number of hydrogen-bond acceptors (Lipinski definition) is 9. The number of carbonyl (C=O) groups excluding carboxylic acids is 2. The number of rotatable bonds is 2. The van der Waals surface area contributed by atoms with Crippen LogP contribution in [0.1, 0.15) is 32.3 Å². The number of anilines is 2. The number of hydrogen-bond donors (Lipinski definition) is 1. The van der Waals surface area contributed by atoms with Crippen molar-refractivity contribution < 1.29 is 9.59 Å². The summed E-state index contributed by atoms with van der Waals surface area (Å²) in [5.41, 5.74) is 7.05. The molecule has 3 aliphatic rings. The third-order valence-corrected chi connectivity index (χ3v) is 8.42. The second-order valence-electron chi connectivity index (χ2n) is 9.16. The van der Waals surface area contributed by atoms with Crippen molar-refractivity contribution in [2.24, 2.45) is 11.1 Å². The van der Waals surface area contributed by atoms with E-state index in [1.54, 1.807) is 11.9 Å². The number of benzene rings is 1. The molecule has 168 valence electrons. The van der Waals surface area contributed by atoms with Gasteiger partial charge < -0.3 is 10.6 Å². The SMILES string of the molecule is CSc1nnc(N2C(N)=C(C#N)[C@@]3(C(=O)N(C)c4ccccc43)C3=C2CC(C)(C)CC3=O)s1. The van der Waals surface area contributed by atoms with Crippen LogP contribution in [0.2, 0.25) is 0 Å². The Morgan fingerprint density at radius 3 is 2.61 bits per heavy atom. The zero-order valence-electron chi connectivity index (χ0n) is 18.7. The number of thioether (sulfide) groups is 1. The molecule has 0 radical (unpaired) electrons. The van der Waals surface area contributed by atoms with E-state index in [4.69, 9.17) is 5.73 Å². The van der Waals surface area contributed by atoms with Crippen molar-refractivity contribution in [3.63, 3.8) is 0 Å². The van der Waals surface area contributed by atoms with Gasteiger partial charge in [0.15, 0.2) is 10.1 Å². The number of aromatic nitrogens is 2. The lowest BCUT2D eigenvalue weighted by Gasteiger charge is -2.45. The highest BCUT2D eigenvalue weighted by Crippen LogP contribution is 2.58. The smallest absolute Gasteiger partial charge is 0.247 e. The standard InChI is InChI=1S/C23H22N6O2S2/c1-22(2)9-15-17(16(30)10-22)23(12-7-5-6-8-14(12)28(3)19(23)31)13(11-24)18(25)29(15)20-26-27-21(32-4)33-20/h5-8H,9-10,25H2,1-4H3/t23-/m1/s1. The van der Waals surface area contributed by atoms with Crippen molar-refractivity contribution in [2.75, 3.05) is 23.1 Å². The molecule has 0 fully saturated rings. The summed E-state index contributed by atoms with van der Waals surface area (Å²) < 4.78 is 0.738. The number of fused-ring (bicyclic) bond motifs is 3. The van der Waals surface area contributed by atoms with Gasteiger partial charge in [0.2, 0.25) is 11.0 Å². The molecule has 0 bridgehead atoms. The second-order valence-corrected chi connectivity index (χ2v) is 11.2. The maximum Gasteiger partial charge on any atom is 0.247 e. The number of allylic oxidation sites excluding steroid dienone is 1. The van der Waals surface area contributed by atoms with Crippen molar-refractivity contribution in [2.45, 2.75) is 36.4 Å². The molecule has 1 spiro atoms. The Kier molecular flexibility index (Phi) is 4.71. The molecule has 3 heterocycles. The summed E-state index contributed by atoms with van der Waals surface area (Å²) in [7, 11) is 1.67. The lowest BCUT2D eigenvalue weighted by molar-refractivity contribution is -0.124. The predicted octanol–water partition coefficient (Wildman–Crippen LogP) is 3.33. The number of nitriles is 1. The number of nitrogens with two attached hydrogens (primary N) is 1. The second kappa shape index (κ2) is 7.17. The largest absolute Gasteiger partial charge is 0.384 e. The Bertz CT molecular complexity index is 1330. The van der Waals surface area contributed by atoms with Crippen LogP contribution in [0.15, 0.2) is 51.3 Å². The summed E-state index contributed by atoms with van der Waals surface area (Å²) >= 11 is 2.79. The molecule has 1 aromatic heterocycles. The van der Waals surface area contributed by atoms with Gasteiger partial charge >= 0.3 is 0 Å². The molecule has 0 saturated heterocycles. The number of Topliss-reactive ketones (excluding diaryl/α,β-unsaturated/α-hetero) is 1. The van der Waals surface area contributed by atoms with Crippen LogP contribution in [0.4, 0.5) is 10.8 Å². The van der Waals surface area contributed by atoms with Crippen LogP contribution >= 0.6 is 23.1 Å². The lowest BCUT2D eigenvalue weighted by Crippen LogP contribution is -2.53. The highest BCUT2D eigenvalue weighted by Gasteiger charge is 2.62. The first-order valence-corrected chi connectivity index (χ1v) is 12.4. The fourth-order valence-corrected chi connectivity index (χ4v) is 6.56. The van der Waals surface area contributed by atoms with Gasteiger partial charge in [0, 0.05) is 36.0 Å². The van der Waals surface area contributed by atoms with Gasteiger partial charge in [0.05, 0.1) is 5.57 Å². The normalized spacial score (nSPS) is 23.8. The van der Waals surface area contributed by atoms with Gasteiger partial charge in [-0.15, -0.1) is 10.2 Å². The third kappa shape index (κ3) is 2.75. The molecular weight excluding hydrogens is 456 g/mol. The molecule has 1 aromatic carbocycles. The fraction of sp³-hybridized carbons (Fsp3) is 0.348. The van der Waals surface area contributed by atoms with Crippen LogP contribution in [-0.4, -0.2) is 35.2 Å². The van der Waals surface area contributed by atoms with E-state index in [2.05, 4.69) is 16.3 Å². The Morgan fingerprint density at radius 1 is 1.21 bits per heavy atom. The van der Waals surface area contributed by atoms with Crippen molar-refractivity contribution >= 4 is 45.6 Å². The highest BCUT2D eigenvalue weighted by atomic mass is 32.2. The molecule has 1 amide bonds. The number of likely N-dealkylation sites (N-methyl/N-ethyl adjacent to an activating group) is 1. The summed E-state index contributed by atoms with van der Waals surface area (Å²) in [6.45, 7) is 4.03. The van der Waals surface area contributed by atoms with E-state index in [0.717, 1.165) is 4.34 Å². The minimum absolute atomic E-state index is 0.0528. The predicted molar refractivity (Wildman–Crippen MR) is 128 cm³/mol. The van der Waals surface area contributed by atoms with E-state index in [1.807, 2.05) is 44.4 Å². The molecule has 1 aliphatic carbocycles. The van der Waals surface area contributed by atoms with Gasteiger partial charge in [0.25, 0.3) is 0 Å². The van der Waals surface area contributed by atoms with E-state index >= 15 is 0 Å². The average Bonchev–Trinajstić information content (AvgIpc) is 3.32. The van der Waals surface area contributed by atoms with Gasteiger partial charge in [-0.05, 0) is 24.2 Å². The molecule has 0 unspecified atom stereocenters. The van der Waals surface area contributed by atoms with Crippen LogP contribution in [0.5, 0.6) is 0 Å². The number of ketones is 1. The van der Waals surface area contributed by atoms with E-state index in [9.17, 15) is 14.9 Å². The van der Waals surface area contributed by atoms with E-state index in [0.29, 0.717) is 34.1 Å². The molecule has 1 atom stereocenters. The fourth-order valence-electron chi connectivity index (χ4n) is 5.26. The molecule has 5 rings (SSSR count). The van der Waals surface area contributed by atoms with E-state index < -0.39 is 5.41 Å². The number of nitrogens with zero attached hydrogens (tertiary/aromatic N) is 5. The number of carbonyl (C=O) groups is 2. The van der Waals surface area contributed by atoms with Crippen molar-refractivity contribution in [1.82, 2.24) is 10.2 Å². The van der Waals surface area contributed by atoms with Crippen LogP contribution < -0.4 is 15.5 Å². The molecule has 10 heteroatoms. The third-order valence-electron chi connectivity index (χ3n) is 6.54. The van der Waals surface area contributed by atoms with Crippen molar-refractivity contribution in [3.8, 4) is 6.07 Å². The maximum atomic E-state index is 14.0. The minimum atomic E-state index is -1.56. The summed E-state index contributed by atoms with van der Waals surface area (Å²) in [5.74, 6) is -0.381. The molecular formula is C23H22N6O2S2. The summed E-state index contributed by atoms with van der Waals surface area (Å²) in [4.78, 5) is 31.0. The Balaban J connectivity index is 1.90. The van der Waals surface area contributed by atoms with Crippen LogP contribution in [0, 0.1) is 16.7 Å². The number of amides is 1. The van der Waals surface area contributed by atoms with E-state index in [-0.39, 0.29) is 34.9 Å². The molecule has 0 saturated carbocycles. The van der Waals surface area contributed by atoms with Crippen LogP contribution in [0.3, 0.4) is 0 Å². The first-order chi connectivity index (χ1) is 15.7. The van der Waals surface area contributed by atoms with Gasteiger partial charge in [-0.3, -0.25) is 14.5 Å². The van der Waals surface area contributed by atoms with Crippen molar-refractivity contribution in [3.05, 3.63) is 52.5 Å². The Hall–Kier alpha value is -3.16. The van der Waals surface area contributed by atoms with Crippen molar-refractivity contribution in [1.29, 1.82) is 5.26 Å². The summed E-state index contributed by atoms with van der Waals surface area (Å²) in [6, 6.07) is 9.49. The topological polar surface area (TPSA) is 116 Å². The molecule has 33 heavy (non-hydrogen) atoms. The lowest BCUT2D eigenvalue weighted by atomic mass is 9.61. The van der Waals surface area contributed by atoms with Gasteiger partial charge in [0.1, 0.15) is 17.3 Å². The number of para-hydroxylation sites is 1. The molecule has 8 nitrogen and oxygen atoms in total. The van der Waals surface area contributed by atoms with Gasteiger partial charge in [-0.1, -0.05) is 55.1 Å². The summed E-state index contributed by atoms with van der Waals surface area (Å²) in [5, 5.41) is 19.3.